The average molecular weight is 173 g/mol. The van der Waals surface area contributed by atoms with E-state index in [9.17, 15) is 4.79 Å². The summed E-state index contributed by atoms with van der Waals surface area (Å²) in [4.78, 5) is 11.4. The Morgan fingerprint density at radius 2 is 2.00 bits per heavy atom. The number of hydrogen-bond acceptors (Lipinski definition) is 1. The molecule has 1 aromatic rings. The molecule has 0 spiro atoms. The largest absolute Gasteiger partial charge is 0.352 e. The Morgan fingerprint density at radius 1 is 1.23 bits per heavy atom. The van der Waals surface area contributed by atoms with Gasteiger partial charge in [-0.3, -0.25) is 4.79 Å². The summed E-state index contributed by atoms with van der Waals surface area (Å²) in [7, 11) is 0. The van der Waals surface area contributed by atoms with Gasteiger partial charge in [0, 0.05) is 6.54 Å². The van der Waals surface area contributed by atoms with Crippen LogP contribution in [0.15, 0.2) is 42.5 Å². The quantitative estimate of drug-likeness (QED) is 0.640. The van der Waals surface area contributed by atoms with Gasteiger partial charge >= 0.3 is 0 Å². The third-order valence-corrected chi connectivity index (χ3v) is 2.16. The highest BCUT2D eigenvalue weighted by atomic mass is 16.1. The maximum Gasteiger partial charge on any atom is 0.231 e. The molecule has 13 heavy (non-hydrogen) atoms. The standard InChI is InChI=1S/C11H11NO/c13-11-10(7-4-8-12-11)9-5-2-1-3-6-9/h1-7,10H,8H2,(H,12,13). The normalized spacial score (nSPS) is 21.2. The van der Waals surface area contributed by atoms with Gasteiger partial charge in [-0.25, -0.2) is 0 Å². The highest BCUT2D eigenvalue weighted by molar-refractivity contribution is 5.86. The zero-order valence-corrected chi connectivity index (χ0v) is 7.23. The third kappa shape index (κ3) is 1.61. The Bertz CT molecular complexity index is 329. The SMILES string of the molecule is O=C1NCC=CC1c1ccccc1. The summed E-state index contributed by atoms with van der Waals surface area (Å²) < 4.78 is 0. The van der Waals surface area contributed by atoms with Crippen LogP contribution in [0.1, 0.15) is 11.5 Å². The van der Waals surface area contributed by atoms with Crippen LogP contribution in [-0.4, -0.2) is 12.5 Å². The van der Waals surface area contributed by atoms with Crippen LogP contribution < -0.4 is 5.32 Å². The Kier molecular flexibility index (Phi) is 2.13. The molecule has 2 rings (SSSR count). The molecular formula is C11H11NO. The summed E-state index contributed by atoms with van der Waals surface area (Å²) in [5.74, 6) is -0.0105. The number of amides is 1. The number of carbonyl (C=O) groups is 1. The van der Waals surface area contributed by atoms with E-state index < -0.39 is 0 Å². The Hall–Kier alpha value is -1.57. The molecule has 0 radical (unpaired) electrons. The van der Waals surface area contributed by atoms with E-state index in [-0.39, 0.29) is 11.8 Å². The van der Waals surface area contributed by atoms with Gasteiger partial charge in [0.25, 0.3) is 0 Å². The zero-order valence-electron chi connectivity index (χ0n) is 7.23. The number of nitrogens with one attached hydrogen (secondary N) is 1. The minimum atomic E-state index is -0.102. The van der Waals surface area contributed by atoms with Gasteiger partial charge in [0.15, 0.2) is 0 Å². The molecule has 0 saturated heterocycles. The summed E-state index contributed by atoms with van der Waals surface area (Å²) in [6.45, 7) is 0.655. The van der Waals surface area contributed by atoms with E-state index in [2.05, 4.69) is 5.32 Å². The average Bonchev–Trinajstić information content (AvgIpc) is 2.20. The van der Waals surface area contributed by atoms with Gasteiger partial charge < -0.3 is 5.32 Å². The van der Waals surface area contributed by atoms with E-state index in [1.165, 1.54) is 0 Å². The topological polar surface area (TPSA) is 29.1 Å². The second-order valence-corrected chi connectivity index (χ2v) is 3.06. The van der Waals surface area contributed by atoms with Crippen molar-refractivity contribution in [2.45, 2.75) is 5.92 Å². The lowest BCUT2D eigenvalue weighted by Crippen LogP contribution is -2.31. The second-order valence-electron chi connectivity index (χ2n) is 3.06. The van der Waals surface area contributed by atoms with Crippen molar-refractivity contribution in [3.05, 3.63) is 48.0 Å². The molecule has 2 heteroatoms. The fourth-order valence-corrected chi connectivity index (χ4v) is 1.48. The first-order chi connectivity index (χ1) is 6.38. The molecule has 0 saturated carbocycles. The Labute approximate surface area is 77.3 Å². The molecule has 1 heterocycles. The van der Waals surface area contributed by atoms with Crippen molar-refractivity contribution >= 4 is 5.91 Å². The molecule has 0 bridgehead atoms. The minimum Gasteiger partial charge on any atom is -0.352 e. The maximum absolute atomic E-state index is 11.4. The molecule has 1 unspecified atom stereocenters. The number of rotatable bonds is 1. The van der Waals surface area contributed by atoms with Crippen molar-refractivity contribution in [1.82, 2.24) is 5.32 Å². The molecule has 1 aliphatic heterocycles. The fraction of sp³-hybridized carbons (Fsp3) is 0.182. The molecule has 2 nitrogen and oxygen atoms in total. The van der Waals surface area contributed by atoms with E-state index in [0.29, 0.717) is 6.54 Å². The third-order valence-electron chi connectivity index (χ3n) is 2.16. The van der Waals surface area contributed by atoms with Crippen molar-refractivity contribution < 1.29 is 4.79 Å². The molecule has 1 N–H and O–H groups in total. The number of carbonyl (C=O) groups excluding carboxylic acids is 1. The van der Waals surface area contributed by atoms with Crippen molar-refractivity contribution in [2.24, 2.45) is 0 Å². The number of benzene rings is 1. The minimum absolute atomic E-state index is 0.0914. The lowest BCUT2D eigenvalue weighted by Gasteiger charge is -2.16. The van der Waals surface area contributed by atoms with Gasteiger partial charge in [0.05, 0.1) is 5.92 Å². The number of hydrogen-bond donors (Lipinski definition) is 1. The Balaban J connectivity index is 2.30. The Morgan fingerprint density at radius 3 is 2.69 bits per heavy atom. The van der Waals surface area contributed by atoms with Crippen LogP contribution in [0.5, 0.6) is 0 Å². The predicted molar refractivity (Wildman–Crippen MR) is 51.3 cm³/mol. The van der Waals surface area contributed by atoms with Crippen LogP contribution in [0.25, 0.3) is 0 Å². The predicted octanol–water partition coefficient (Wildman–Crippen LogP) is 1.46. The highest BCUT2D eigenvalue weighted by Gasteiger charge is 2.18. The van der Waals surface area contributed by atoms with Gasteiger partial charge in [0.1, 0.15) is 0 Å². The lowest BCUT2D eigenvalue weighted by molar-refractivity contribution is -0.121. The molecule has 0 aromatic heterocycles. The zero-order chi connectivity index (χ0) is 9.10. The van der Waals surface area contributed by atoms with Crippen LogP contribution in [0.4, 0.5) is 0 Å². The summed E-state index contributed by atoms with van der Waals surface area (Å²) in [5.41, 5.74) is 1.05. The van der Waals surface area contributed by atoms with Crippen LogP contribution in [0.3, 0.4) is 0 Å². The molecule has 66 valence electrons. The van der Waals surface area contributed by atoms with E-state index in [1.807, 2.05) is 42.5 Å². The highest BCUT2D eigenvalue weighted by Crippen LogP contribution is 2.18. The van der Waals surface area contributed by atoms with Crippen molar-refractivity contribution in [3.8, 4) is 0 Å². The second kappa shape index (κ2) is 3.44. The monoisotopic (exact) mass is 173 g/mol. The van der Waals surface area contributed by atoms with E-state index >= 15 is 0 Å². The van der Waals surface area contributed by atoms with Gasteiger partial charge in [0.2, 0.25) is 5.91 Å². The first-order valence-electron chi connectivity index (χ1n) is 4.37. The van der Waals surface area contributed by atoms with Gasteiger partial charge in [-0.2, -0.15) is 0 Å². The van der Waals surface area contributed by atoms with Crippen LogP contribution in [0, 0.1) is 0 Å². The lowest BCUT2D eigenvalue weighted by atomic mass is 9.96. The summed E-state index contributed by atoms with van der Waals surface area (Å²) in [6.07, 6.45) is 3.94. The molecule has 1 aromatic carbocycles. The molecule has 1 amide bonds. The maximum atomic E-state index is 11.4. The smallest absolute Gasteiger partial charge is 0.231 e. The van der Waals surface area contributed by atoms with Crippen molar-refractivity contribution in [1.29, 1.82) is 0 Å². The van der Waals surface area contributed by atoms with Crippen molar-refractivity contribution in [3.63, 3.8) is 0 Å². The van der Waals surface area contributed by atoms with Crippen LogP contribution in [-0.2, 0) is 4.79 Å². The molecule has 0 aliphatic carbocycles. The van der Waals surface area contributed by atoms with Gasteiger partial charge in [-0.05, 0) is 5.56 Å². The van der Waals surface area contributed by atoms with E-state index in [1.54, 1.807) is 0 Å². The van der Waals surface area contributed by atoms with Gasteiger partial charge in [-0.15, -0.1) is 0 Å². The summed E-state index contributed by atoms with van der Waals surface area (Å²) >= 11 is 0. The van der Waals surface area contributed by atoms with Crippen molar-refractivity contribution in [2.75, 3.05) is 6.54 Å². The summed E-state index contributed by atoms with van der Waals surface area (Å²) in [6, 6.07) is 9.80. The first kappa shape index (κ1) is 8.05. The molecule has 1 aliphatic rings. The summed E-state index contributed by atoms with van der Waals surface area (Å²) in [5, 5.41) is 2.80. The van der Waals surface area contributed by atoms with Gasteiger partial charge in [-0.1, -0.05) is 42.5 Å². The van der Waals surface area contributed by atoms with Crippen LogP contribution >= 0.6 is 0 Å². The fourth-order valence-electron chi connectivity index (χ4n) is 1.48. The van der Waals surface area contributed by atoms with Crippen LogP contribution in [0.2, 0.25) is 0 Å². The van der Waals surface area contributed by atoms with E-state index in [0.717, 1.165) is 5.56 Å². The first-order valence-corrected chi connectivity index (χ1v) is 4.37. The molecule has 0 fully saturated rings. The molecule has 1 atom stereocenters. The van der Waals surface area contributed by atoms with E-state index in [4.69, 9.17) is 0 Å². The molecular weight excluding hydrogens is 162 g/mol.